The maximum Gasteiger partial charge on any atom is 0.162 e. The molecule has 234 valence electrons. The molecule has 0 aliphatic heterocycles. The number of aromatic nitrogens is 4. The summed E-state index contributed by atoms with van der Waals surface area (Å²) in [6, 6.07) is 64.2. The number of benzene rings is 7. The van der Waals surface area contributed by atoms with Crippen LogP contribution in [0.25, 0.3) is 88.9 Å². The normalized spacial score (nSPS) is 11.6. The van der Waals surface area contributed by atoms with Gasteiger partial charge in [-0.25, -0.2) is 9.97 Å². The molecule has 0 unspecified atom stereocenters. The average molecular weight is 639 g/mol. The molecule has 4 heteroatoms. The predicted octanol–water partition coefficient (Wildman–Crippen LogP) is 11.7. The molecule has 0 saturated heterocycles. The van der Waals surface area contributed by atoms with Crippen LogP contribution in [0, 0.1) is 0 Å². The summed E-state index contributed by atoms with van der Waals surface area (Å²) in [7, 11) is 0. The fourth-order valence-corrected chi connectivity index (χ4v) is 7.44. The molecule has 0 N–H and O–H groups in total. The zero-order valence-electron chi connectivity index (χ0n) is 27.1. The van der Waals surface area contributed by atoms with Crippen LogP contribution in [0.1, 0.15) is 0 Å². The largest absolute Gasteiger partial charge is 0.309 e. The zero-order chi connectivity index (χ0) is 33.0. The van der Waals surface area contributed by atoms with Gasteiger partial charge >= 0.3 is 0 Å². The summed E-state index contributed by atoms with van der Waals surface area (Å²) in [5, 5.41) is 4.78. The molecule has 0 amide bonds. The Kier molecular flexibility index (Phi) is 6.46. The van der Waals surface area contributed by atoms with Crippen LogP contribution in [0.3, 0.4) is 0 Å². The van der Waals surface area contributed by atoms with Crippen LogP contribution < -0.4 is 0 Å². The van der Waals surface area contributed by atoms with Crippen molar-refractivity contribution in [3.05, 3.63) is 182 Å². The van der Waals surface area contributed by atoms with Crippen molar-refractivity contribution in [2.45, 2.75) is 0 Å². The fraction of sp³-hybridized carbons (Fsp3) is 0. The third kappa shape index (κ3) is 4.54. The van der Waals surface area contributed by atoms with E-state index in [1.165, 1.54) is 32.6 Å². The Balaban J connectivity index is 1.27. The van der Waals surface area contributed by atoms with E-state index in [9.17, 15) is 0 Å². The average Bonchev–Trinajstić information content (AvgIpc) is 3.70. The van der Waals surface area contributed by atoms with E-state index in [4.69, 9.17) is 9.97 Å². The minimum Gasteiger partial charge on any atom is -0.309 e. The van der Waals surface area contributed by atoms with Gasteiger partial charge in [0.15, 0.2) is 5.82 Å². The molecule has 0 atom stereocenters. The fourth-order valence-electron chi connectivity index (χ4n) is 7.44. The second-order valence-corrected chi connectivity index (χ2v) is 12.7. The van der Waals surface area contributed by atoms with E-state index < -0.39 is 0 Å². The van der Waals surface area contributed by atoms with E-state index >= 15 is 0 Å². The minimum absolute atomic E-state index is 0.687. The van der Waals surface area contributed by atoms with Crippen LogP contribution in [0.4, 0.5) is 0 Å². The molecule has 0 bridgehead atoms. The molecule has 50 heavy (non-hydrogen) atoms. The first-order valence-corrected chi connectivity index (χ1v) is 16.9. The van der Waals surface area contributed by atoms with E-state index in [1.807, 2.05) is 12.1 Å². The van der Waals surface area contributed by atoms with Crippen molar-refractivity contribution in [3.8, 4) is 45.3 Å². The summed E-state index contributed by atoms with van der Waals surface area (Å²) in [4.78, 5) is 10.5. The van der Waals surface area contributed by atoms with Crippen LogP contribution in [0.5, 0.6) is 0 Å². The predicted molar refractivity (Wildman–Crippen MR) is 207 cm³/mol. The van der Waals surface area contributed by atoms with Gasteiger partial charge in [-0.2, -0.15) is 0 Å². The molecule has 3 aromatic heterocycles. The lowest BCUT2D eigenvalue weighted by Gasteiger charge is -2.13. The van der Waals surface area contributed by atoms with Crippen LogP contribution >= 0.6 is 0 Å². The van der Waals surface area contributed by atoms with Gasteiger partial charge in [-0.3, -0.25) is 4.57 Å². The smallest absolute Gasteiger partial charge is 0.162 e. The Labute approximate surface area is 289 Å². The summed E-state index contributed by atoms with van der Waals surface area (Å²) in [6.07, 6.45) is 0. The zero-order valence-corrected chi connectivity index (χ0v) is 27.1. The molecule has 10 aromatic rings. The van der Waals surface area contributed by atoms with Crippen LogP contribution in [-0.2, 0) is 0 Å². The standard InChI is InChI=1S/C46H30N4/c1-4-15-31(16-5-1)33-19-14-20-34(27-33)46-47-40(32-17-6-2-7-18-32)30-45(48-46)50-42-26-13-11-24-37(42)39-28-43-38(29-44(39)50)36-23-10-12-25-41(36)49(43)35-21-8-3-9-22-35/h1-30H. The lowest BCUT2D eigenvalue weighted by atomic mass is 10.0. The number of hydrogen-bond donors (Lipinski definition) is 0. The molecular formula is C46H30N4. The quantitative estimate of drug-likeness (QED) is 0.188. The highest BCUT2D eigenvalue weighted by Gasteiger charge is 2.20. The Morgan fingerprint density at radius 1 is 0.320 bits per heavy atom. The first-order valence-electron chi connectivity index (χ1n) is 16.9. The van der Waals surface area contributed by atoms with Crippen molar-refractivity contribution < 1.29 is 0 Å². The van der Waals surface area contributed by atoms with Gasteiger partial charge in [-0.05, 0) is 53.6 Å². The molecule has 0 aliphatic carbocycles. The Bertz CT molecular complexity index is 2850. The molecule has 0 saturated carbocycles. The number of fused-ring (bicyclic) bond motifs is 6. The molecule has 4 nitrogen and oxygen atoms in total. The van der Waals surface area contributed by atoms with E-state index in [0.717, 1.165) is 50.5 Å². The third-order valence-corrected chi connectivity index (χ3v) is 9.72. The van der Waals surface area contributed by atoms with Gasteiger partial charge in [0.1, 0.15) is 5.82 Å². The van der Waals surface area contributed by atoms with E-state index in [0.29, 0.717) is 5.82 Å². The summed E-state index contributed by atoms with van der Waals surface area (Å²) in [6.45, 7) is 0. The first kappa shape index (κ1) is 28.3. The van der Waals surface area contributed by atoms with Gasteiger partial charge < -0.3 is 4.57 Å². The summed E-state index contributed by atoms with van der Waals surface area (Å²) in [5.41, 5.74) is 10.9. The van der Waals surface area contributed by atoms with Crippen molar-refractivity contribution in [3.63, 3.8) is 0 Å². The highest BCUT2D eigenvalue weighted by Crippen LogP contribution is 2.40. The summed E-state index contributed by atoms with van der Waals surface area (Å²) < 4.78 is 4.70. The van der Waals surface area contributed by atoms with Gasteiger partial charge in [-0.15, -0.1) is 0 Å². The van der Waals surface area contributed by atoms with Crippen molar-refractivity contribution in [1.82, 2.24) is 19.1 Å². The van der Waals surface area contributed by atoms with Crippen molar-refractivity contribution >= 4 is 43.6 Å². The van der Waals surface area contributed by atoms with Crippen LogP contribution in [0.15, 0.2) is 182 Å². The third-order valence-electron chi connectivity index (χ3n) is 9.72. The molecule has 7 aromatic carbocycles. The van der Waals surface area contributed by atoms with Gasteiger partial charge in [0.25, 0.3) is 0 Å². The van der Waals surface area contributed by atoms with Crippen LogP contribution in [-0.4, -0.2) is 19.1 Å². The van der Waals surface area contributed by atoms with Crippen molar-refractivity contribution in [2.24, 2.45) is 0 Å². The number of para-hydroxylation sites is 3. The van der Waals surface area contributed by atoms with E-state index in [1.54, 1.807) is 0 Å². The van der Waals surface area contributed by atoms with Gasteiger partial charge in [-0.1, -0.05) is 133 Å². The molecule has 3 heterocycles. The Hall–Kier alpha value is -6.78. The SMILES string of the molecule is c1ccc(-c2cccc(-c3nc(-c4ccccc4)cc(-n4c5ccccc5c5cc6c(cc54)c4ccccc4n6-c4ccccc4)n3)c2)cc1. The molecular weight excluding hydrogens is 609 g/mol. The molecule has 0 spiro atoms. The number of hydrogen-bond acceptors (Lipinski definition) is 2. The van der Waals surface area contributed by atoms with E-state index in [2.05, 4.69) is 179 Å². The number of nitrogens with zero attached hydrogens (tertiary/aromatic N) is 4. The maximum absolute atomic E-state index is 5.35. The van der Waals surface area contributed by atoms with Crippen molar-refractivity contribution in [2.75, 3.05) is 0 Å². The molecule has 0 radical (unpaired) electrons. The Morgan fingerprint density at radius 3 is 1.52 bits per heavy atom. The second-order valence-electron chi connectivity index (χ2n) is 12.7. The molecule has 0 aliphatic rings. The lowest BCUT2D eigenvalue weighted by molar-refractivity contribution is 1.05. The first-order chi connectivity index (χ1) is 24.8. The summed E-state index contributed by atoms with van der Waals surface area (Å²) in [5.74, 6) is 1.52. The van der Waals surface area contributed by atoms with Crippen molar-refractivity contribution in [1.29, 1.82) is 0 Å². The monoisotopic (exact) mass is 638 g/mol. The van der Waals surface area contributed by atoms with E-state index in [-0.39, 0.29) is 0 Å². The topological polar surface area (TPSA) is 35.6 Å². The minimum atomic E-state index is 0.687. The Morgan fingerprint density at radius 2 is 0.840 bits per heavy atom. The highest BCUT2D eigenvalue weighted by molar-refractivity contribution is 6.19. The maximum atomic E-state index is 5.35. The van der Waals surface area contributed by atoms with Gasteiger partial charge in [0, 0.05) is 44.4 Å². The number of rotatable bonds is 5. The molecule has 0 fully saturated rings. The van der Waals surface area contributed by atoms with Gasteiger partial charge in [0.2, 0.25) is 0 Å². The lowest BCUT2D eigenvalue weighted by Crippen LogP contribution is -2.02. The van der Waals surface area contributed by atoms with Crippen LogP contribution in [0.2, 0.25) is 0 Å². The molecule has 10 rings (SSSR count). The highest BCUT2D eigenvalue weighted by atomic mass is 15.1. The second kappa shape index (κ2) is 11.4. The van der Waals surface area contributed by atoms with Gasteiger partial charge in [0.05, 0.1) is 27.8 Å². The summed E-state index contributed by atoms with van der Waals surface area (Å²) >= 11 is 0.